The van der Waals surface area contributed by atoms with E-state index >= 15 is 0 Å². The van der Waals surface area contributed by atoms with Gasteiger partial charge in [0.25, 0.3) is 5.89 Å². The van der Waals surface area contributed by atoms with Crippen molar-refractivity contribution >= 4 is 5.82 Å². The highest BCUT2D eigenvalue weighted by Gasteiger charge is 2.14. The van der Waals surface area contributed by atoms with E-state index in [1.165, 1.54) is 0 Å². The number of rotatable bonds is 6. The first-order valence-electron chi connectivity index (χ1n) is 8.63. The van der Waals surface area contributed by atoms with Crippen LogP contribution in [0.5, 0.6) is 0 Å². The van der Waals surface area contributed by atoms with E-state index in [1.807, 2.05) is 42.5 Å². The van der Waals surface area contributed by atoms with Crippen molar-refractivity contribution in [2.75, 3.05) is 31.7 Å². The van der Waals surface area contributed by atoms with Gasteiger partial charge in [0.05, 0.1) is 31.5 Å². The Bertz CT molecular complexity index is 814. The van der Waals surface area contributed by atoms with Gasteiger partial charge >= 0.3 is 0 Å². The van der Waals surface area contributed by atoms with Crippen LogP contribution in [0.25, 0.3) is 11.5 Å². The minimum Gasteiger partial charge on any atom is -0.376 e. The molecule has 134 valence electrons. The molecule has 1 aromatic carbocycles. The predicted octanol–water partition coefficient (Wildman–Crippen LogP) is 2.55. The van der Waals surface area contributed by atoms with Gasteiger partial charge in [-0.05, 0) is 17.7 Å². The molecule has 3 heterocycles. The number of nitrogens with zero attached hydrogens (tertiary/aromatic N) is 3. The lowest BCUT2D eigenvalue weighted by Gasteiger charge is -2.23. The van der Waals surface area contributed by atoms with Gasteiger partial charge in [-0.1, -0.05) is 35.5 Å². The molecular weight excluding hydrogens is 332 g/mol. The molecule has 0 aliphatic carbocycles. The first-order valence-corrected chi connectivity index (χ1v) is 8.63. The zero-order valence-electron chi connectivity index (χ0n) is 14.3. The van der Waals surface area contributed by atoms with Crippen LogP contribution in [-0.2, 0) is 15.9 Å². The molecule has 3 aromatic rings. The monoisotopic (exact) mass is 352 g/mol. The molecule has 26 heavy (non-hydrogen) atoms. The standard InChI is InChI=1S/C19H20N4O3/c1-2-4-14(5-3-1)10-18-22-19(26-23-18)15-6-7-17(20-11-15)21-12-16-13-24-8-9-25-16/h1-7,11,16H,8-10,12-13H2,(H,20,21)/t16-/m0/s1. The summed E-state index contributed by atoms with van der Waals surface area (Å²) < 4.78 is 16.3. The van der Waals surface area contributed by atoms with Crippen molar-refractivity contribution < 1.29 is 14.0 Å². The Labute approximate surface area is 151 Å². The molecule has 7 nitrogen and oxygen atoms in total. The minimum absolute atomic E-state index is 0.0571. The summed E-state index contributed by atoms with van der Waals surface area (Å²) in [7, 11) is 0. The molecule has 0 bridgehead atoms. The number of benzene rings is 1. The third-order valence-electron chi connectivity index (χ3n) is 4.08. The Morgan fingerprint density at radius 1 is 1.08 bits per heavy atom. The predicted molar refractivity (Wildman–Crippen MR) is 95.8 cm³/mol. The summed E-state index contributed by atoms with van der Waals surface area (Å²) in [5.41, 5.74) is 1.94. The lowest BCUT2D eigenvalue weighted by atomic mass is 10.1. The van der Waals surface area contributed by atoms with Crippen molar-refractivity contribution in [3.05, 3.63) is 60.0 Å². The van der Waals surface area contributed by atoms with E-state index in [1.54, 1.807) is 6.20 Å². The Hall–Kier alpha value is -2.77. The van der Waals surface area contributed by atoms with E-state index < -0.39 is 0 Å². The van der Waals surface area contributed by atoms with Gasteiger partial charge in [-0.15, -0.1) is 0 Å². The topological polar surface area (TPSA) is 82.3 Å². The normalized spacial score (nSPS) is 17.2. The van der Waals surface area contributed by atoms with Crippen molar-refractivity contribution in [2.24, 2.45) is 0 Å². The average Bonchev–Trinajstić information content (AvgIpc) is 3.17. The first kappa shape index (κ1) is 16.7. The molecule has 0 amide bonds. The van der Waals surface area contributed by atoms with Crippen LogP contribution in [-0.4, -0.2) is 47.6 Å². The van der Waals surface area contributed by atoms with Gasteiger partial charge in [-0.25, -0.2) is 4.98 Å². The molecule has 0 spiro atoms. The van der Waals surface area contributed by atoms with Crippen LogP contribution in [0.2, 0.25) is 0 Å². The molecule has 1 aliphatic heterocycles. The number of ether oxygens (including phenoxy) is 2. The van der Waals surface area contributed by atoms with E-state index in [-0.39, 0.29) is 6.10 Å². The largest absolute Gasteiger partial charge is 0.376 e. The minimum atomic E-state index is 0.0571. The van der Waals surface area contributed by atoms with Crippen LogP contribution in [0.4, 0.5) is 5.82 Å². The van der Waals surface area contributed by atoms with Gasteiger partial charge in [0.2, 0.25) is 0 Å². The van der Waals surface area contributed by atoms with Crippen molar-refractivity contribution in [3.8, 4) is 11.5 Å². The molecule has 0 unspecified atom stereocenters. The fourth-order valence-electron chi connectivity index (χ4n) is 2.72. The summed E-state index contributed by atoms with van der Waals surface area (Å²) in [6, 6.07) is 13.9. The van der Waals surface area contributed by atoms with Crippen molar-refractivity contribution in [1.82, 2.24) is 15.1 Å². The second kappa shape index (κ2) is 8.07. The third kappa shape index (κ3) is 4.25. The molecular formula is C19H20N4O3. The van der Waals surface area contributed by atoms with Gasteiger partial charge in [-0.2, -0.15) is 4.98 Å². The van der Waals surface area contributed by atoms with Crippen LogP contribution in [0, 0.1) is 0 Å². The second-order valence-corrected chi connectivity index (χ2v) is 6.06. The van der Waals surface area contributed by atoms with Crippen molar-refractivity contribution in [3.63, 3.8) is 0 Å². The van der Waals surface area contributed by atoms with Gasteiger partial charge < -0.3 is 19.3 Å². The zero-order chi connectivity index (χ0) is 17.6. The zero-order valence-corrected chi connectivity index (χ0v) is 14.3. The summed E-state index contributed by atoms with van der Waals surface area (Å²) in [5.74, 6) is 1.90. The SMILES string of the molecule is c1ccc(Cc2noc(-c3ccc(NC[C@H]4COCCO4)nc3)n2)cc1. The Morgan fingerprint density at radius 3 is 2.77 bits per heavy atom. The molecule has 0 radical (unpaired) electrons. The van der Waals surface area contributed by atoms with E-state index in [0.717, 1.165) is 16.9 Å². The van der Waals surface area contributed by atoms with Gasteiger partial charge in [0.1, 0.15) is 5.82 Å². The molecule has 1 atom stereocenters. The molecule has 4 rings (SSSR count). The fraction of sp³-hybridized carbons (Fsp3) is 0.316. The maximum atomic E-state index is 5.60. The average molecular weight is 352 g/mol. The quantitative estimate of drug-likeness (QED) is 0.730. The fourth-order valence-corrected chi connectivity index (χ4v) is 2.72. The van der Waals surface area contributed by atoms with Crippen LogP contribution >= 0.6 is 0 Å². The summed E-state index contributed by atoms with van der Waals surface area (Å²) in [6.07, 6.45) is 2.42. The lowest BCUT2D eigenvalue weighted by molar-refractivity contribution is -0.0819. The highest BCUT2D eigenvalue weighted by atomic mass is 16.6. The van der Waals surface area contributed by atoms with E-state index in [0.29, 0.717) is 44.5 Å². The number of hydrogen-bond donors (Lipinski definition) is 1. The van der Waals surface area contributed by atoms with Crippen LogP contribution in [0.1, 0.15) is 11.4 Å². The molecule has 7 heteroatoms. The Morgan fingerprint density at radius 2 is 2.00 bits per heavy atom. The van der Waals surface area contributed by atoms with E-state index in [2.05, 4.69) is 20.4 Å². The maximum absolute atomic E-state index is 5.60. The number of nitrogens with one attached hydrogen (secondary N) is 1. The number of hydrogen-bond acceptors (Lipinski definition) is 7. The summed E-state index contributed by atoms with van der Waals surface area (Å²) in [4.78, 5) is 8.85. The summed E-state index contributed by atoms with van der Waals surface area (Å²) >= 11 is 0. The van der Waals surface area contributed by atoms with Gasteiger partial charge in [0.15, 0.2) is 5.82 Å². The van der Waals surface area contributed by atoms with E-state index in [4.69, 9.17) is 14.0 Å². The van der Waals surface area contributed by atoms with Crippen LogP contribution in [0.3, 0.4) is 0 Å². The van der Waals surface area contributed by atoms with E-state index in [9.17, 15) is 0 Å². The molecule has 1 fully saturated rings. The number of anilines is 1. The van der Waals surface area contributed by atoms with Crippen LogP contribution < -0.4 is 5.32 Å². The Balaban J connectivity index is 1.36. The summed E-state index contributed by atoms with van der Waals surface area (Å²) in [5, 5.41) is 7.30. The highest BCUT2D eigenvalue weighted by molar-refractivity contribution is 5.54. The number of aromatic nitrogens is 3. The lowest BCUT2D eigenvalue weighted by Crippen LogP contribution is -2.34. The van der Waals surface area contributed by atoms with Gasteiger partial charge in [0, 0.05) is 19.2 Å². The maximum Gasteiger partial charge on any atom is 0.259 e. The second-order valence-electron chi connectivity index (χ2n) is 6.06. The third-order valence-corrected chi connectivity index (χ3v) is 4.08. The first-order chi connectivity index (χ1) is 12.9. The highest BCUT2D eigenvalue weighted by Crippen LogP contribution is 2.18. The molecule has 1 N–H and O–H groups in total. The number of pyridine rings is 1. The summed E-state index contributed by atoms with van der Waals surface area (Å²) in [6.45, 7) is 2.58. The van der Waals surface area contributed by atoms with Gasteiger partial charge in [-0.3, -0.25) is 0 Å². The molecule has 1 aliphatic rings. The van der Waals surface area contributed by atoms with Crippen LogP contribution in [0.15, 0.2) is 53.2 Å². The van der Waals surface area contributed by atoms with Crippen molar-refractivity contribution in [2.45, 2.75) is 12.5 Å². The Kier molecular flexibility index (Phi) is 5.18. The molecule has 0 saturated carbocycles. The molecule has 2 aromatic heterocycles. The smallest absolute Gasteiger partial charge is 0.259 e. The van der Waals surface area contributed by atoms with Crippen molar-refractivity contribution in [1.29, 1.82) is 0 Å². The molecule has 1 saturated heterocycles.